The molecule has 0 nitrogen and oxygen atoms in total. The molecule has 0 spiro atoms. The molecule has 0 aliphatic heterocycles. The van der Waals surface area contributed by atoms with Crippen molar-refractivity contribution in [1.82, 2.24) is 0 Å². The minimum atomic E-state index is 1.07. The van der Waals surface area contributed by atoms with Gasteiger partial charge in [0.05, 0.1) is 0 Å². The van der Waals surface area contributed by atoms with Crippen molar-refractivity contribution >= 4 is 12.6 Å². The van der Waals surface area contributed by atoms with Crippen molar-refractivity contribution in [2.24, 2.45) is 0 Å². The Morgan fingerprint density at radius 1 is 0.170 bits per heavy atom. The SMILES string of the molecule is CCCCCCCCCCCCCCCCCCCCCCCCCCCCCCCCCCCCCCCCCCCCCCS. The maximum Gasteiger partial charge on any atom is -0.00979 e. The van der Waals surface area contributed by atoms with E-state index in [2.05, 4.69) is 19.6 Å². The molecule has 0 bridgehead atoms. The van der Waals surface area contributed by atoms with Crippen LogP contribution in [0.5, 0.6) is 0 Å². The second-order valence-corrected chi connectivity index (χ2v) is 16.4. The van der Waals surface area contributed by atoms with E-state index in [9.17, 15) is 0 Å². The van der Waals surface area contributed by atoms with E-state index in [1.54, 1.807) is 0 Å². The number of thiol groups is 1. The van der Waals surface area contributed by atoms with Crippen LogP contribution in [0.25, 0.3) is 0 Å². The molecule has 0 aromatic heterocycles. The first-order chi connectivity index (χ1) is 23.4. The molecule has 0 aromatic rings. The molecular weight excluding hydrogens is 585 g/mol. The van der Waals surface area contributed by atoms with Crippen molar-refractivity contribution in [1.29, 1.82) is 0 Å². The Kier molecular flexibility index (Phi) is 46.7. The van der Waals surface area contributed by atoms with Crippen LogP contribution in [0.1, 0.15) is 289 Å². The van der Waals surface area contributed by atoms with E-state index in [1.165, 1.54) is 283 Å². The van der Waals surface area contributed by atoms with Crippen molar-refractivity contribution in [3.63, 3.8) is 0 Å². The Hall–Kier alpha value is 0.350. The third-order valence-corrected chi connectivity index (χ3v) is 11.3. The lowest BCUT2D eigenvalue weighted by atomic mass is 10.0. The average molecular weight is 679 g/mol. The summed E-state index contributed by atoms with van der Waals surface area (Å²) in [5.41, 5.74) is 0. The standard InChI is InChI=1S/C46H94S/c1-2-3-4-5-6-7-8-9-10-11-12-13-14-15-16-17-18-19-20-21-22-23-24-25-26-27-28-29-30-31-32-33-34-35-36-37-38-39-40-41-42-43-44-45-46-47/h47H,2-46H2,1H3. The van der Waals surface area contributed by atoms with Crippen molar-refractivity contribution in [2.45, 2.75) is 289 Å². The van der Waals surface area contributed by atoms with Gasteiger partial charge < -0.3 is 0 Å². The van der Waals surface area contributed by atoms with Gasteiger partial charge in [-0.1, -0.05) is 283 Å². The van der Waals surface area contributed by atoms with Crippen LogP contribution in [0.2, 0.25) is 0 Å². The number of rotatable bonds is 44. The summed E-state index contributed by atoms with van der Waals surface area (Å²) in [5.74, 6) is 1.07. The Labute approximate surface area is 306 Å². The minimum absolute atomic E-state index is 1.07. The molecule has 0 aromatic carbocycles. The molecule has 0 heterocycles. The Morgan fingerprint density at radius 2 is 0.277 bits per heavy atom. The molecule has 0 N–H and O–H groups in total. The fourth-order valence-electron chi connectivity index (χ4n) is 7.61. The quantitative estimate of drug-likeness (QED) is 0.0481. The zero-order valence-corrected chi connectivity index (χ0v) is 34.2. The van der Waals surface area contributed by atoms with Gasteiger partial charge in [-0.25, -0.2) is 0 Å². The lowest BCUT2D eigenvalue weighted by Gasteiger charge is -2.05. The Bertz CT molecular complexity index is 457. The largest absolute Gasteiger partial charge is 0.179 e. The van der Waals surface area contributed by atoms with E-state index in [0.29, 0.717) is 0 Å². The fraction of sp³-hybridized carbons (Fsp3) is 1.00. The molecule has 0 amide bonds. The summed E-state index contributed by atoms with van der Waals surface area (Å²) in [6, 6.07) is 0. The summed E-state index contributed by atoms with van der Waals surface area (Å²) < 4.78 is 0. The molecule has 47 heavy (non-hydrogen) atoms. The Morgan fingerprint density at radius 3 is 0.383 bits per heavy atom. The highest BCUT2D eigenvalue weighted by molar-refractivity contribution is 7.80. The zero-order chi connectivity index (χ0) is 33.8. The lowest BCUT2D eigenvalue weighted by Crippen LogP contribution is -1.85. The molecule has 0 aliphatic carbocycles. The highest BCUT2D eigenvalue weighted by atomic mass is 32.1. The average Bonchev–Trinajstić information content (AvgIpc) is 3.08. The van der Waals surface area contributed by atoms with Crippen LogP contribution < -0.4 is 0 Å². The molecule has 0 fully saturated rings. The molecule has 0 radical (unpaired) electrons. The van der Waals surface area contributed by atoms with Crippen LogP contribution in [0.3, 0.4) is 0 Å². The predicted molar refractivity (Wildman–Crippen MR) is 223 cm³/mol. The van der Waals surface area contributed by atoms with E-state index in [4.69, 9.17) is 0 Å². The normalized spacial score (nSPS) is 11.6. The molecule has 0 unspecified atom stereocenters. The van der Waals surface area contributed by atoms with Gasteiger partial charge in [-0.05, 0) is 12.2 Å². The summed E-state index contributed by atoms with van der Waals surface area (Å²) >= 11 is 4.30. The lowest BCUT2D eigenvalue weighted by molar-refractivity contribution is 0.508. The molecule has 0 saturated carbocycles. The van der Waals surface area contributed by atoms with Crippen molar-refractivity contribution in [3.8, 4) is 0 Å². The van der Waals surface area contributed by atoms with E-state index in [1.807, 2.05) is 0 Å². The summed E-state index contributed by atoms with van der Waals surface area (Å²) in [6.07, 6.45) is 65.0. The van der Waals surface area contributed by atoms with E-state index < -0.39 is 0 Å². The zero-order valence-electron chi connectivity index (χ0n) is 33.3. The van der Waals surface area contributed by atoms with Gasteiger partial charge >= 0.3 is 0 Å². The first-order valence-electron chi connectivity index (χ1n) is 23.0. The maximum atomic E-state index is 4.30. The van der Waals surface area contributed by atoms with Gasteiger partial charge in [0.1, 0.15) is 0 Å². The second kappa shape index (κ2) is 46.4. The van der Waals surface area contributed by atoms with Gasteiger partial charge in [0, 0.05) is 0 Å². The number of hydrogen-bond acceptors (Lipinski definition) is 1. The number of unbranched alkanes of at least 4 members (excludes halogenated alkanes) is 43. The van der Waals surface area contributed by atoms with Gasteiger partial charge in [0.2, 0.25) is 0 Å². The maximum absolute atomic E-state index is 4.30. The summed E-state index contributed by atoms with van der Waals surface area (Å²) in [5, 5.41) is 0. The topological polar surface area (TPSA) is 0 Å². The molecule has 0 rings (SSSR count). The van der Waals surface area contributed by atoms with Crippen LogP contribution in [0.4, 0.5) is 0 Å². The van der Waals surface area contributed by atoms with E-state index in [-0.39, 0.29) is 0 Å². The van der Waals surface area contributed by atoms with Crippen LogP contribution >= 0.6 is 12.6 Å². The molecule has 0 saturated heterocycles. The fourth-order valence-corrected chi connectivity index (χ4v) is 7.83. The molecule has 284 valence electrons. The number of hydrogen-bond donors (Lipinski definition) is 1. The summed E-state index contributed by atoms with van der Waals surface area (Å²) in [6.45, 7) is 2.31. The smallest absolute Gasteiger partial charge is 0.00979 e. The second-order valence-electron chi connectivity index (χ2n) is 15.9. The van der Waals surface area contributed by atoms with Crippen molar-refractivity contribution in [3.05, 3.63) is 0 Å². The van der Waals surface area contributed by atoms with Gasteiger partial charge in [-0.3, -0.25) is 0 Å². The van der Waals surface area contributed by atoms with Gasteiger partial charge in [-0.15, -0.1) is 0 Å². The monoisotopic (exact) mass is 679 g/mol. The van der Waals surface area contributed by atoms with Crippen LogP contribution in [0.15, 0.2) is 0 Å². The highest BCUT2D eigenvalue weighted by Gasteiger charge is 1.98. The first kappa shape index (κ1) is 47.4. The van der Waals surface area contributed by atoms with Crippen molar-refractivity contribution in [2.75, 3.05) is 5.75 Å². The molecule has 0 atom stereocenters. The summed E-state index contributed by atoms with van der Waals surface area (Å²) in [7, 11) is 0. The van der Waals surface area contributed by atoms with Gasteiger partial charge in [-0.2, -0.15) is 12.6 Å². The first-order valence-corrected chi connectivity index (χ1v) is 23.7. The Balaban J connectivity index is 3.03. The van der Waals surface area contributed by atoms with Gasteiger partial charge in [0.15, 0.2) is 0 Å². The van der Waals surface area contributed by atoms with Crippen molar-refractivity contribution < 1.29 is 0 Å². The van der Waals surface area contributed by atoms with Crippen LogP contribution in [-0.2, 0) is 0 Å². The molecular formula is C46H94S. The van der Waals surface area contributed by atoms with E-state index >= 15 is 0 Å². The van der Waals surface area contributed by atoms with Gasteiger partial charge in [0.25, 0.3) is 0 Å². The summed E-state index contributed by atoms with van der Waals surface area (Å²) in [4.78, 5) is 0. The molecule has 0 aliphatic rings. The van der Waals surface area contributed by atoms with E-state index in [0.717, 1.165) is 5.75 Å². The third-order valence-electron chi connectivity index (χ3n) is 11.0. The van der Waals surface area contributed by atoms with Crippen LogP contribution in [-0.4, -0.2) is 5.75 Å². The molecule has 1 heteroatoms. The third kappa shape index (κ3) is 46.3. The predicted octanol–water partition coefficient (Wildman–Crippen LogP) is 18.1. The van der Waals surface area contributed by atoms with Crippen LogP contribution in [0, 0.1) is 0 Å². The highest BCUT2D eigenvalue weighted by Crippen LogP contribution is 2.18. The minimum Gasteiger partial charge on any atom is -0.179 e.